The molecule has 90 valence electrons. The van der Waals surface area contributed by atoms with E-state index in [0.717, 1.165) is 24.4 Å². The van der Waals surface area contributed by atoms with Crippen LogP contribution in [0.1, 0.15) is 41.0 Å². The van der Waals surface area contributed by atoms with Crippen LogP contribution in [-0.2, 0) is 0 Å². The average molecular weight is 212 g/mol. The third kappa shape index (κ3) is 4.12. The molecule has 0 aromatic heterocycles. The van der Waals surface area contributed by atoms with Gasteiger partial charge in [0, 0.05) is 18.6 Å². The summed E-state index contributed by atoms with van der Waals surface area (Å²) in [4.78, 5) is 2.60. The molecule has 0 aliphatic carbocycles. The third-order valence-corrected chi connectivity index (χ3v) is 3.46. The molecule has 1 aliphatic heterocycles. The highest BCUT2D eigenvalue weighted by atomic mass is 15.2. The number of nitrogens with zero attached hydrogens (tertiary/aromatic N) is 1. The molecule has 2 heteroatoms. The molecule has 2 nitrogen and oxygen atoms in total. The molecule has 0 amide bonds. The van der Waals surface area contributed by atoms with Gasteiger partial charge < -0.3 is 10.2 Å². The fourth-order valence-corrected chi connectivity index (χ4v) is 2.34. The van der Waals surface area contributed by atoms with E-state index in [-0.39, 0.29) is 0 Å². The molecular weight excluding hydrogens is 184 g/mol. The van der Waals surface area contributed by atoms with Gasteiger partial charge in [-0.1, -0.05) is 20.8 Å². The van der Waals surface area contributed by atoms with Crippen molar-refractivity contribution in [3.63, 3.8) is 0 Å². The highest BCUT2D eigenvalue weighted by molar-refractivity contribution is 4.84. The van der Waals surface area contributed by atoms with Crippen molar-refractivity contribution in [2.75, 3.05) is 19.6 Å². The van der Waals surface area contributed by atoms with Crippen LogP contribution in [0.5, 0.6) is 0 Å². The summed E-state index contributed by atoms with van der Waals surface area (Å²) in [5.74, 6) is 1.56. The van der Waals surface area contributed by atoms with E-state index < -0.39 is 0 Å². The number of piperidine rings is 1. The molecule has 0 radical (unpaired) electrons. The Morgan fingerprint density at radius 2 is 1.93 bits per heavy atom. The normalized spacial score (nSPS) is 29.0. The van der Waals surface area contributed by atoms with Crippen LogP contribution in [0.25, 0.3) is 0 Å². The van der Waals surface area contributed by atoms with E-state index in [1.165, 1.54) is 19.5 Å². The minimum atomic E-state index is 0.707. The van der Waals surface area contributed by atoms with E-state index in [0.29, 0.717) is 6.04 Å². The maximum absolute atomic E-state index is 3.70. The van der Waals surface area contributed by atoms with E-state index in [4.69, 9.17) is 0 Å². The van der Waals surface area contributed by atoms with Crippen LogP contribution in [0, 0.1) is 11.8 Å². The van der Waals surface area contributed by atoms with Crippen LogP contribution in [-0.4, -0.2) is 36.6 Å². The zero-order valence-corrected chi connectivity index (χ0v) is 11.1. The molecule has 15 heavy (non-hydrogen) atoms. The molecule has 0 aromatic rings. The molecule has 1 fully saturated rings. The van der Waals surface area contributed by atoms with Crippen molar-refractivity contribution in [3.05, 3.63) is 0 Å². The van der Waals surface area contributed by atoms with Gasteiger partial charge in [0.25, 0.3) is 0 Å². The molecular formula is C13H28N2. The minimum Gasteiger partial charge on any atom is -0.313 e. The van der Waals surface area contributed by atoms with Gasteiger partial charge in [0.05, 0.1) is 0 Å². The number of rotatable bonds is 4. The SMILES string of the molecule is CC(C)CN[C@@H]1CCN(C(C)C)C[C@H]1C. The van der Waals surface area contributed by atoms with Gasteiger partial charge in [-0.25, -0.2) is 0 Å². The molecule has 1 aliphatic rings. The van der Waals surface area contributed by atoms with Crippen LogP contribution in [0.4, 0.5) is 0 Å². The van der Waals surface area contributed by atoms with Gasteiger partial charge in [-0.05, 0) is 45.2 Å². The third-order valence-electron chi connectivity index (χ3n) is 3.46. The van der Waals surface area contributed by atoms with Gasteiger partial charge in [0.2, 0.25) is 0 Å². The summed E-state index contributed by atoms with van der Waals surface area (Å²) in [6, 6.07) is 1.45. The van der Waals surface area contributed by atoms with E-state index in [1.807, 2.05) is 0 Å². The van der Waals surface area contributed by atoms with Crippen LogP contribution < -0.4 is 5.32 Å². The number of likely N-dealkylation sites (tertiary alicyclic amines) is 1. The molecule has 0 bridgehead atoms. The van der Waals surface area contributed by atoms with E-state index in [9.17, 15) is 0 Å². The number of nitrogens with one attached hydrogen (secondary N) is 1. The van der Waals surface area contributed by atoms with Crippen LogP contribution in [0.3, 0.4) is 0 Å². The summed E-state index contributed by atoms with van der Waals surface area (Å²) in [6.45, 7) is 15.2. The topological polar surface area (TPSA) is 15.3 Å². The molecule has 0 aromatic carbocycles. The molecule has 0 spiro atoms. The second-order valence-corrected chi connectivity index (χ2v) is 5.76. The van der Waals surface area contributed by atoms with Crippen molar-refractivity contribution < 1.29 is 0 Å². The lowest BCUT2D eigenvalue weighted by atomic mass is 9.92. The first-order chi connectivity index (χ1) is 7.00. The van der Waals surface area contributed by atoms with Gasteiger partial charge in [-0.15, -0.1) is 0 Å². The maximum Gasteiger partial charge on any atom is 0.0117 e. The Kier molecular flexibility index (Phi) is 5.07. The van der Waals surface area contributed by atoms with Gasteiger partial charge >= 0.3 is 0 Å². The van der Waals surface area contributed by atoms with Crippen molar-refractivity contribution in [3.8, 4) is 0 Å². The quantitative estimate of drug-likeness (QED) is 0.769. The Labute approximate surface area is 95.4 Å². The first kappa shape index (κ1) is 13.0. The van der Waals surface area contributed by atoms with Crippen molar-refractivity contribution in [2.45, 2.75) is 53.1 Å². The highest BCUT2D eigenvalue weighted by Crippen LogP contribution is 2.18. The molecule has 1 heterocycles. The summed E-state index contributed by atoms with van der Waals surface area (Å²) in [5.41, 5.74) is 0. The van der Waals surface area contributed by atoms with Crippen LogP contribution in [0.2, 0.25) is 0 Å². The largest absolute Gasteiger partial charge is 0.313 e. The molecule has 0 unspecified atom stereocenters. The molecule has 1 saturated heterocycles. The Hall–Kier alpha value is -0.0800. The first-order valence-electron chi connectivity index (χ1n) is 6.48. The maximum atomic E-state index is 3.70. The Bertz CT molecular complexity index is 177. The van der Waals surface area contributed by atoms with Gasteiger partial charge in [0.15, 0.2) is 0 Å². The standard InChI is InChI=1S/C13H28N2/c1-10(2)8-14-13-6-7-15(11(3)4)9-12(13)5/h10-14H,6-9H2,1-5H3/t12-,13-/m1/s1. The predicted molar refractivity (Wildman–Crippen MR) is 67.1 cm³/mol. The molecule has 0 saturated carbocycles. The summed E-state index contributed by atoms with van der Waals surface area (Å²) >= 11 is 0. The summed E-state index contributed by atoms with van der Waals surface area (Å²) in [6.07, 6.45) is 1.31. The monoisotopic (exact) mass is 212 g/mol. The highest BCUT2D eigenvalue weighted by Gasteiger charge is 2.26. The molecule has 2 atom stereocenters. The average Bonchev–Trinajstić information content (AvgIpc) is 2.15. The number of hydrogen-bond donors (Lipinski definition) is 1. The second kappa shape index (κ2) is 5.86. The van der Waals surface area contributed by atoms with Crippen molar-refractivity contribution in [1.29, 1.82) is 0 Å². The van der Waals surface area contributed by atoms with Crippen molar-refractivity contribution >= 4 is 0 Å². The zero-order chi connectivity index (χ0) is 11.4. The number of hydrogen-bond acceptors (Lipinski definition) is 2. The second-order valence-electron chi connectivity index (χ2n) is 5.76. The van der Waals surface area contributed by atoms with Crippen molar-refractivity contribution in [2.24, 2.45) is 11.8 Å². The fourth-order valence-electron chi connectivity index (χ4n) is 2.34. The Morgan fingerprint density at radius 1 is 1.27 bits per heavy atom. The zero-order valence-electron chi connectivity index (χ0n) is 11.1. The Morgan fingerprint density at radius 3 is 2.40 bits per heavy atom. The van der Waals surface area contributed by atoms with Gasteiger partial charge in [0.1, 0.15) is 0 Å². The lowest BCUT2D eigenvalue weighted by Gasteiger charge is -2.39. The van der Waals surface area contributed by atoms with E-state index in [2.05, 4.69) is 44.8 Å². The van der Waals surface area contributed by atoms with E-state index in [1.54, 1.807) is 0 Å². The first-order valence-corrected chi connectivity index (χ1v) is 6.48. The minimum absolute atomic E-state index is 0.707. The summed E-state index contributed by atoms with van der Waals surface area (Å²) in [5, 5.41) is 3.70. The van der Waals surface area contributed by atoms with Crippen molar-refractivity contribution in [1.82, 2.24) is 10.2 Å². The van der Waals surface area contributed by atoms with E-state index >= 15 is 0 Å². The van der Waals surface area contributed by atoms with Gasteiger partial charge in [-0.2, -0.15) is 0 Å². The molecule has 1 N–H and O–H groups in total. The fraction of sp³-hybridized carbons (Fsp3) is 1.00. The summed E-state index contributed by atoms with van der Waals surface area (Å²) in [7, 11) is 0. The van der Waals surface area contributed by atoms with Gasteiger partial charge in [-0.3, -0.25) is 0 Å². The lowest BCUT2D eigenvalue weighted by Crippen LogP contribution is -2.50. The van der Waals surface area contributed by atoms with Crippen LogP contribution in [0.15, 0.2) is 0 Å². The summed E-state index contributed by atoms with van der Waals surface area (Å²) < 4.78 is 0. The molecule has 1 rings (SSSR count). The Balaban J connectivity index is 2.32. The predicted octanol–water partition coefficient (Wildman–Crippen LogP) is 2.35. The lowest BCUT2D eigenvalue weighted by molar-refractivity contribution is 0.117. The van der Waals surface area contributed by atoms with Crippen LogP contribution >= 0.6 is 0 Å². The smallest absolute Gasteiger partial charge is 0.0117 e.